The van der Waals surface area contributed by atoms with E-state index in [2.05, 4.69) is 92.0 Å². The van der Waals surface area contributed by atoms with Gasteiger partial charge < -0.3 is 5.32 Å². The quantitative estimate of drug-likeness (QED) is 0.647. The molecule has 1 N–H and O–H groups in total. The van der Waals surface area contributed by atoms with Crippen molar-refractivity contribution >= 4 is 16.8 Å². The van der Waals surface area contributed by atoms with Crippen molar-refractivity contribution in [2.45, 2.75) is 19.9 Å². The Bertz CT molecular complexity index is 797. The third-order valence-electron chi connectivity index (χ3n) is 4.19. The first-order valence-electron chi connectivity index (χ1n) is 8.17. The van der Waals surface area contributed by atoms with Crippen molar-refractivity contribution in [2.24, 2.45) is 0 Å². The first-order chi connectivity index (χ1) is 11.2. The largest absolute Gasteiger partial charge is 0.306 e. The van der Waals surface area contributed by atoms with Gasteiger partial charge in [-0.15, -0.1) is 0 Å². The van der Waals surface area contributed by atoms with Gasteiger partial charge in [-0.2, -0.15) is 0 Å². The minimum Gasteiger partial charge on any atom is -0.306 e. The number of fused-ring (bicyclic) bond motifs is 1. The standard InChI is InChI=1S/C22H23N/c1-17(15-19-9-4-3-5-10-19)16-23-18(2)21-14-8-12-20-11-6-7-13-22(20)21/h3-15,18,23H,16H2,1-2H3/b17-15+. The van der Waals surface area contributed by atoms with Crippen molar-refractivity contribution in [1.29, 1.82) is 0 Å². The zero-order valence-corrected chi connectivity index (χ0v) is 13.8. The highest BCUT2D eigenvalue weighted by molar-refractivity contribution is 5.86. The number of rotatable bonds is 5. The Morgan fingerprint density at radius 2 is 1.61 bits per heavy atom. The molecule has 0 heterocycles. The molecule has 0 aliphatic carbocycles. The first-order valence-corrected chi connectivity index (χ1v) is 8.17. The van der Waals surface area contributed by atoms with E-state index in [1.54, 1.807) is 0 Å². The average molecular weight is 301 g/mol. The zero-order valence-electron chi connectivity index (χ0n) is 13.8. The van der Waals surface area contributed by atoms with Gasteiger partial charge in [0.25, 0.3) is 0 Å². The molecule has 0 fully saturated rings. The monoisotopic (exact) mass is 301 g/mol. The lowest BCUT2D eigenvalue weighted by atomic mass is 9.99. The van der Waals surface area contributed by atoms with Crippen molar-refractivity contribution in [1.82, 2.24) is 5.32 Å². The summed E-state index contributed by atoms with van der Waals surface area (Å²) < 4.78 is 0. The molecule has 0 aliphatic rings. The Kier molecular flexibility index (Phi) is 4.89. The van der Waals surface area contributed by atoms with Crippen molar-refractivity contribution in [3.8, 4) is 0 Å². The van der Waals surface area contributed by atoms with Gasteiger partial charge in [-0.25, -0.2) is 0 Å². The maximum absolute atomic E-state index is 3.64. The van der Waals surface area contributed by atoms with Gasteiger partial charge in [0.1, 0.15) is 0 Å². The van der Waals surface area contributed by atoms with Gasteiger partial charge in [-0.05, 0) is 35.7 Å². The average Bonchev–Trinajstić information content (AvgIpc) is 2.60. The summed E-state index contributed by atoms with van der Waals surface area (Å²) in [6.07, 6.45) is 2.24. The lowest BCUT2D eigenvalue weighted by Crippen LogP contribution is -2.20. The third-order valence-corrected chi connectivity index (χ3v) is 4.19. The van der Waals surface area contributed by atoms with Crippen molar-refractivity contribution in [3.63, 3.8) is 0 Å². The van der Waals surface area contributed by atoms with Crippen LogP contribution in [0.15, 0.2) is 78.4 Å². The molecule has 1 nitrogen and oxygen atoms in total. The van der Waals surface area contributed by atoms with Crippen LogP contribution in [0.3, 0.4) is 0 Å². The lowest BCUT2D eigenvalue weighted by molar-refractivity contribution is 0.612. The number of benzene rings is 3. The molecule has 1 unspecified atom stereocenters. The van der Waals surface area contributed by atoms with E-state index in [1.165, 1.54) is 27.5 Å². The fourth-order valence-corrected chi connectivity index (χ4v) is 2.94. The molecule has 0 amide bonds. The van der Waals surface area contributed by atoms with Crippen LogP contribution in [0.25, 0.3) is 16.8 Å². The van der Waals surface area contributed by atoms with Crippen molar-refractivity contribution in [2.75, 3.05) is 6.54 Å². The predicted molar refractivity (Wildman–Crippen MR) is 100 cm³/mol. The van der Waals surface area contributed by atoms with Gasteiger partial charge in [-0.1, -0.05) is 84.4 Å². The molecular formula is C22H23N. The summed E-state index contributed by atoms with van der Waals surface area (Å²) in [6.45, 7) is 5.30. The van der Waals surface area contributed by atoms with E-state index < -0.39 is 0 Å². The van der Waals surface area contributed by atoms with Crippen LogP contribution in [-0.2, 0) is 0 Å². The van der Waals surface area contributed by atoms with Crippen LogP contribution in [0.1, 0.15) is 31.0 Å². The summed E-state index contributed by atoms with van der Waals surface area (Å²) in [5.41, 5.74) is 3.95. The molecule has 3 rings (SSSR count). The molecule has 0 aliphatic heterocycles. The fourth-order valence-electron chi connectivity index (χ4n) is 2.94. The maximum atomic E-state index is 3.64. The van der Waals surface area contributed by atoms with E-state index in [0.29, 0.717) is 6.04 Å². The van der Waals surface area contributed by atoms with E-state index in [0.717, 1.165) is 6.54 Å². The molecule has 23 heavy (non-hydrogen) atoms. The Morgan fingerprint density at radius 3 is 2.43 bits per heavy atom. The zero-order chi connectivity index (χ0) is 16.1. The van der Waals surface area contributed by atoms with Gasteiger partial charge in [-0.3, -0.25) is 0 Å². The number of nitrogens with one attached hydrogen (secondary N) is 1. The van der Waals surface area contributed by atoms with E-state index in [9.17, 15) is 0 Å². The maximum Gasteiger partial charge on any atom is 0.0300 e. The Balaban J connectivity index is 1.71. The highest BCUT2D eigenvalue weighted by Crippen LogP contribution is 2.24. The van der Waals surface area contributed by atoms with E-state index in [-0.39, 0.29) is 0 Å². The van der Waals surface area contributed by atoms with E-state index >= 15 is 0 Å². The molecule has 3 aromatic carbocycles. The van der Waals surface area contributed by atoms with Crippen molar-refractivity contribution in [3.05, 3.63) is 89.5 Å². The molecule has 116 valence electrons. The van der Waals surface area contributed by atoms with Gasteiger partial charge in [0.2, 0.25) is 0 Å². The Hall–Kier alpha value is -2.38. The Labute approximate surface area is 138 Å². The summed E-state index contributed by atoms with van der Waals surface area (Å²) in [4.78, 5) is 0. The predicted octanol–water partition coefficient (Wildman–Crippen LogP) is 5.59. The van der Waals surface area contributed by atoms with E-state index in [4.69, 9.17) is 0 Å². The molecule has 0 bridgehead atoms. The summed E-state index contributed by atoms with van der Waals surface area (Å²) >= 11 is 0. The molecule has 1 atom stereocenters. The first kappa shape index (κ1) is 15.5. The van der Waals surface area contributed by atoms with Gasteiger partial charge in [0.15, 0.2) is 0 Å². The summed E-state index contributed by atoms with van der Waals surface area (Å²) in [7, 11) is 0. The molecule has 0 aromatic heterocycles. The second-order valence-corrected chi connectivity index (χ2v) is 6.07. The summed E-state index contributed by atoms with van der Waals surface area (Å²) in [6, 6.07) is 25.9. The van der Waals surface area contributed by atoms with Gasteiger partial charge in [0, 0.05) is 12.6 Å². The number of hydrogen-bond donors (Lipinski definition) is 1. The summed E-state index contributed by atoms with van der Waals surface area (Å²) in [5, 5.41) is 6.28. The number of hydrogen-bond acceptors (Lipinski definition) is 1. The molecule has 0 spiro atoms. The SMILES string of the molecule is C/C(=C\c1ccccc1)CNC(C)c1cccc2ccccc12. The fraction of sp³-hybridized carbons (Fsp3) is 0.182. The van der Waals surface area contributed by atoms with Gasteiger partial charge >= 0.3 is 0 Å². The highest BCUT2D eigenvalue weighted by Gasteiger charge is 2.08. The van der Waals surface area contributed by atoms with Gasteiger partial charge in [0.05, 0.1) is 0 Å². The lowest BCUT2D eigenvalue weighted by Gasteiger charge is -2.17. The molecule has 1 heteroatoms. The minimum absolute atomic E-state index is 0.320. The van der Waals surface area contributed by atoms with Crippen LogP contribution >= 0.6 is 0 Å². The smallest absolute Gasteiger partial charge is 0.0300 e. The molecule has 3 aromatic rings. The van der Waals surface area contributed by atoms with Crippen molar-refractivity contribution < 1.29 is 0 Å². The summed E-state index contributed by atoms with van der Waals surface area (Å²) in [5.74, 6) is 0. The molecule has 0 saturated carbocycles. The van der Waals surface area contributed by atoms with Crippen LogP contribution in [0.5, 0.6) is 0 Å². The van der Waals surface area contributed by atoms with Crippen LogP contribution < -0.4 is 5.32 Å². The topological polar surface area (TPSA) is 12.0 Å². The van der Waals surface area contributed by atoms with Crippen LogP contribution in [0.2, 0.25) is 0 Å². The second kappa shape index (κ2) is 7.26. The highest BCUT2D eigenvalue weighted by atomic mass is 14.9. The molecule has 0 saturated heterocycles. The molecular weight excluding hydrogens is 278 g/mol. The normalized spacial score (nSPS) is 13.2. The second-order valence-electron chi connectivity index (χ2n) is 6.07. The van der Waals surface area contributed by atoms with Crippen LogP contribution in [0, 0.1) is 0 Å². The van der Waals surface area contributed by atoms with Crippen LogP contribution in [0.4, 0.5) is 0 Å². The van der Waals surface area contributed by atoms with E-state index in [1.807, 2.05) is 6.07 Å². The minimum atomic E-state index is 0.320. The Morgan fingerprint density at radius 1 is 0.913 bits per heavy atom. The van der Waals surface area contributed by atoms with Crippen LogP contribution in [-0.4, -0.2) is 6.54 Å². The third kappa shape index (κ3) is 3.88. The molecule has 0 radical (unpaired) electrons.